The minimum Gasteiger partial charge on any atom is -0.394 e. The average Bonchev–Trinajstić information content (AvgIpc) is 3.65. The predicted molar refractivity (Wildman–Crippen MR) is 108 cm³/mol. The number of rotatable bonds is 14. The summed E-state index contributed by atoms with van der Waals surface area (Å²) in [5.41, 5.74) is 0. The second-order valence-corrected chi connectivity index (χ2v) is 7.24. The Morgan fingerprint density at radius 3 is 1.43 bits per heavy atom. The zero-order chi connectivity index (χ0) is 24.6. The van der Waals surface area contributed by atoms with Gasteiger partial charge in [0.05, 0.1) is 64.4 Å². The lowest BCUT2D eigenvalue weighted by Crippen LogP contribution is -2.22. The zero-order valence-corrected chi connectivity index (χ0v) is 18.5. The van der Waals surface area contributed by atoms with Crippen LogP contribution in [0.5, 0.6) is 0 Å². The van der Waals surface area contributed by atoms with Gasteiger partial charge in [0.15, 0.2) is 23.3 Å². The van der Waals surface area contributed by atoms with Crippen LogP contribution in [-0.4, -0.2) is 128 Å². The molecule has 4 aromatic heterocycles. The van der Waals surface area contributed by atoms with Crippen molar-refractivity contribution >= 4 is 0 Å². The fourth-order valence-electron chi connectivity index (χ4n) is 3.48. The van der Waals surface area contributed by atoms with Gasteiger partial charge in [-0.25, -0.2) is 9.36 Å². The Hall–Kier alpha value is -3.88. The molecular weight excluding hydrogens is 468 g/mol. The first-order valence-electron chi connectivity index (χ1n) is 10.7. The van der Waals surface area contributed by atoms with E-state index in [2.05, 4.69) is 61.9 Å². The van der Waals surface area contributed by atoms with E-state index in [1.54, 1.807) is 0 Å². The Labute approximate surface area is 196 Å². The van der Waals surface area contributed by atoms with E-state index in [4.69, 9.17) is 0 Å². The molecule has 4 rings (SSSR count). The topological polar surface area (TPSA) is 255 Å². The molecule has 4 heterocycles. The van der Waals surface area contributed by atoms with Crippen LogP contribution in [0.1, 0.15) is 41.6 Å². The van der Waals surface area contributed by atoms with Gasteiger partial charge in [0.1, 0.15) is 0 Å². The lowest BCUT2D eigenvalue weighted by molar-refractivity contribution is 0.258. The molecule has 4 aromatic rings. The maximum atomic E-state index is 9.46. The van der Waals surface area contributed by atoms with Crippen LogP contribution in [0.3, 0.4) is 0 Å². The Kier molecular flexibility index (Phi) is 7.97. The number of aromatic nitrogens is 16. The zero-order valence-electron chi connectivity index (χ0n) is 18.5. The van der Waals surface area contributed by atoms with Crippen molar-refractivity contribution in [3.63, 3.8) is 0 Å². The fourth-order valence-corrected chi connectivity index (χ4v) is 3.48. The summed E-state index contributed by atoms with van der Waals surface area (Å²) >= 11 is 0. The first-order chi connectivity index (χ1) is 17.2. The van der Waals surface area contributed by atoms with Crippen LogP contribution in [0.2, 0.25) is 0 Å². The predicted octanol–water partition coefficient (Wildman–Crippen LogP) is -5.04. The first kappa shape index (κ1) is 24.3. The number of tetrazole rings is 4. The van der Waals surface area contributed by atoms with Crippen LogP contribution >= 0.6 is 0 Å². The molecule has 20 heteroatoms. The van der Waals surface area contributed by atoms with E-state index in [-0.39, 0.29) is 70.7 Å². The van der Waals surface area contributed by atoms with Gasteiger partial charge in [-0.15, -0.1) is 30.6 Å². The summed E-state index contributed by atoms with van der Waals surface area (Å²) in [5.74, 6) is -0.174. The van der Waals surface area contributed by atoms with Crippen molar-refractivity contribution in [2.75, 3.05) is 26.4 Å². The summed E-state index contributed by atoms with van der Waals surface area (Å²) in [5, 5.41) is 85.8. The molecule has 0 radical (unpaired) electrons. The third-order valence-corrected chi connectivity index (χ3v) is 5.00. The van der Waals surface area contributed by atoms with Gasteiger partial charge in [-0.1, -0.05) is 0 Å². The molecule has 0 saturated carbocycles. The van der Waals surface area contributed by atoms with Gasteiger partial charge in [-0.3, -0.25) is 0 Å². The van der Waals surface area contributed by atoms with Crippen molar-refractivity contribution in [2.24, 2.45) is 0 Å². The van der Waals surface area contributed by atoms with Gasteiger partial charge in [0, 0.05) is 0 Å². The smallest absolute Gasteiger partial charge is 0.185 e. The SMILES string of the molecule is OCCn1nnc(C(CC(c2nnnn2CCO)c2nnnn2CCO)c2nnn(CCO)n2)n1. The van der Waals surface area contributed by atoms with Crippen LogP contribution in [-0.2, 0) is 26.2 Å². The molecule has 0 bridgehead atoms. The number of hydrogen-bond acceptors (Lipinski definition) is 16. The Morgan fingerprint density at radius 2 is 1.00 bits per heavy atom. The van der Waals surface area contributed by atoms with Gasteiger partial charge in [-0.2, -0.15) is 9.59 Å². The number of aliphatic hydroxyl groups is 4. The monoisotopic (exact) mass is 492 g/mol. The maximum absolute atomic E-state index is 9.46. The van der Waals surface area contributed by atoms with Crippen LogP contribution in [0.25, 0.3) is 0 Å². The van der Waals surface area contributed by atoms with Gasteiger partial charge < -0.3 is 20.4 Å². The minimum atomic E-state index is -0.696. The molecule has 0 aliphatic rings. The Morgan fingerprint density at radius 1 is 0.543 bits per heavy atom. The highest BCUT2D eigenvalue weighted by molar-refractivity contribution is 5.16. The fraction of sp³-hybridized carbons (Fsp3) is 0.733. The summed E-state index contributed by atoms with van der Waals surface area (Å²) in [7, 11) is 0. The van der Waals surface area contributed by atoms with Crippen molar-refractivity contribution in [2.45, 2.75) is 44.4 Å². The van der Waals surface area contributed by atoms with Crippen molar-refractivity contribution in [3.8, 4) is 0 Å². The molecule has 0 atom stereocenters. The van der Waals surface area contributed by atoms with Crippen molar-refractivity contribution in [1.82, 2.24) is 80.8 Å². The van der Waals surface area contributed by atoms with Crippen LogP contribution in [0.15, 0.2) is 0 Å². The average molecular weight is 492 g/mol. The third-order valence-electron chi connectivity index (χ3n) is 5.00. The number of hydrogen-bond donors (Lipinski definition) is 4. The van der Waals surface area contributed by atoms with Crippen LogP contribution < -0.4 is 0 Å². The second-order valence-electron chi connectivity index (χ2n) is 7.24. The molecule has 188 valence electrons. The number of nitrogens with zero attached hydrogens (tertiary/aromatic N) is 16. The van der Waals surface area contributed by atoms with Crippen molar-refractivity contribution in [1.29, 1.82) is 0 Å². The molecule has 0 aliphatic heterocycles. The lowest BCUT2D eigenvalue weighted by atomic mass is 9.91. The standard InChI is InChI=1S/C15H24N16O4/c32-5-1-28-14(18-22-26-28)11(15-19-23-27-29(15)2-6-33)9-10(12-16-24-30(20-12)3-7-34)13-17-25-31(21-13)4-8-35/h10-11,32-35H,1-9H2. The second kappa shape index (κ2) is 11.5. The van der Waals surface area contributed by atoms with Gasteiger partial charge >= 0.3 is 0 Å². The van der Waals surface area contributed by atoms with E-state index in [0.717, 1.165) is 0 Å². The van der Waals surface area contributed by atoms with Crippen molar-refractivity contribution in [3.05, 3.63) is 23.3 Å². The highest BCUT2D eigenvalue weighted by Crippen LogP contribution is 2.34. The summed E-state index contributed by atoms with van der Waals surface area (Å²) in [6.45, 7) is -0.246. The highest BCUT2D eigenvalue weighted by Gasteiger charge is 2.35. The normalized spacial score (nSPS) is 11.8. The Bertz CT molecular complexity index is 1100. The molecule has 0 unspecified atom stereocenters. The number of aliphatic hydroxyl groups excluding tert-OH is 4. The summed E-state index contributed by atoms with van der Waals surface area (Å²) in [6, 6.07) is 0. The van der Waals surface area contributed by atoms with E-state index >= 15 is 0 Å². The minimum absolute atomic E-state index is 0.126. The molecule has 0 aromatic carbocycles. The maximum Gasteiger partial charge on any atom is 0.185 e. The molecule has 0 amide bonds. The summed E-state index contributed by atoms with van der Waals surface area (Å²) < 4.78 is 2.84. The molecule has 35 heavy (non-hydrogen) atoms. The first-order valence-corrected chi connectivity index (χ1v) is 10.7. The quantitative estimate of drug-likeness (QED) is 0.128. The van der Waals surface area contributed by atoms with Crippen LogP contribution in [0, 0.1) is 0 Å². The third kappa shape index (κ3) is 5.45. The lowest BCUT2D eigenvalue weighted by Gasteiger charge is -2.19. The van der Waals surface area contributed by atoms with E-state index in [0.29, 0.717) is 11.6 Å². The molecule has 20 nitrogen and oxygen atoms in total. The highest BCUT2D eigenvalue weighted by atomic mass is 16.3. The molecule has 0 saturated heterocycles. The Balaban J connectivity index is 1.78. The molecule has 0 aliphatic carbocycles. The summed E-state index contributed by atoms with van der Waals surface area (Å²) in [4.78, 5) is 2.47. The summed E-state index contributed by atoms with van der Waals surface area (Å²) in [6.07, 6.45) is 0.160. The molecular formula is C15H24N16O4. The van der Waals surface area contributed by atoms with E-state index in [1.165, 1.54) is 19.0 Å². The van der Waals surface area contributed by atoms with Gasteiger partial charge in [0.25, 0.3) is 0 Å². The van der Waals surface area contributed by atoms with Crippen molar-refractivity contribution < 1.29 is 20.4 Å². The van der Waals surface area contributed by atoms with Gasteiger partial charge in [-0.05, 0) is 37.7 Å². The largest absolute Gasteiger partial charge is 0.394 e. The van der Waals surface area contributed by atoms with E-state index in [9.17, 15) is 20.4 Å². The van der Waals surface area contributed by atoms with E-state index in [1.807, 2.05) is 0 Å². The van der Waals surface area contributed by atoms with Gasteiger partial charge in [0.2, 0.25) is 0 Å². The van der Waals surface area contributed by atoms with Crippen LogP contribution in [0.4, 0.5) is 0 Å². The molecule has 0 fully saturated rings. The van der Waals surface area contributed by atoms with E-state index < -0.39 is 11.8 Å². The molecule has 4 N–H and O–H groups in total. The molecule has 0 spiro atoms.